The van der Waals surface area contributed by atoms with Crippen molar-refractivity contribution in [2.45, 2.75) is 43.9 Å². The molecule has 0 atom stereocenters. The van der Waals surface area contributed by atoms with Crippen LogP contribution < -0.4 is 10.3 Å². The molecule has 156 valence electrons. The minimum Gasteiger partial charge on any atom is -0.277 e. The molecule has 0 saturated heterocycles. The van der Waals surface area contributed by atoms with Crippen LogP contribution in [0.1, 0.15) is 36.5 Å². The first kappa shape index (κ1) is 20.3. The van der Waals surface area contributed by atoms with Gasteiger partial charge in [0.05, 0.1) is 16.3 Å². The van der Waals surface area contributed by atoms with Gasteiger partial charge >= 0.3 is 0 Å². The SMILES string of the molecule is CCc1ccc(-c2n[nH]c(=O)c3c2CCCC3)cc1S(=O)(=O)Nc1ccccc1F. The van der Waals surface area contributed by atoms with E-state index in [1.165, 1.54) is 18.2 Å². The number of aromatic amines is 1. The quantitative estimate of drug-likeness (QED) is 0.648. The molecule has 3 aromatic rings. The number of benzene rings is 2. The zero-order valence-electron chi connectivity index (χ0n) is 16.5. The zero-order valence-corrected chi connectivity index (χ0v) is 17.4. The molecule has 2 aromatic carbocycles. The van der Waals surface area contributed by atoms with Crippen LogP contribution in [0.3, 0.4) is 0 Å². The molecule has 0 spiro atoms. The van der Waals surface area contributed by atoms with Crippen molar-refractivity contribution in [2.24, 2.45) is 0 Å². The molecule has 1 aliphatic carbocycles. The Morgan fingerprint density at radius 1 is 1.10 bits per heavy atom. The van der Waals surface area contributed by atoms with Crippen LogP contribution in [0.15, 0.2) is 52.2 Å². The molecule has 0 radical (unpaired) electrons. The number of rotatable bonds is 5. The van der Waals surface area contributed by atoms with Gasteiger partial charge in [-0.05, 0) is 61.4 Å². The van der Waals surface area contributed by atoms with Crippen molar-refractivity contribution in [3.05, 3.63) is 75.3 Å². The number of nitrogens with zero attached hydrogens (tertiary/aromatic N) is 1. The summed E-state index contributed by atoms with van der Waals surface area (Å²) in [7, 11) is -4.03. The Morgan fingerprint density at radius 3 is 2.57 bits per heavy atom. The highest BCUT2D eigenvalue weighted by molar-refractivity contribution is 7.92. The number of anilines is 1. The monoisotopic (exact) mass is 427 g/mol. The van der Waals surface area contributed by atoms with Crippen LogP contribution in [0.25, 0.3) is 11.3 Å². The molecule has 2 N–H and O–H groups in total. The summed E-state index contributed by atoms with van der Waals surface area (Å²) in [6.07, 6.45) is 3.81. The molecule has 4 rings (SSSR count). The van der Waals surface area contributed by atoms with Gasteiger partial charge in [0.1, 0.15) is 5.82 Å². The fourth-order valence-electron chi connectivity index (χ4n) is 3.89. The second-order valence-corrected chi connectivity index (χ2v) is 8.98. The van der Waals surface area contributed by atoms with Crippen LogP contribution >= 0.6 is 0 Å². The normalized spacial score (nSPS) is 13.7. The molecule has 1 aliphatic rings. The summed E-state index contributed by atoms with van der Waals surface area (Å²) in [5, 5.41) is 6.77. The number of H-pyrrole nitrogens is 1. The lowest BCUT2D eigenvalue weighted by molar-refractivity contribution is 0.597. The van der Waals surface area contributed by atoms with Crippen LogP contribution in [-0.4, -0.2) is 18.6 Å². The highest BCUT2D eigenvalue weighted by Gasteiger charge is 2.23. The van der Waals surface area contributed by atoms with Gasteiger partial charge in [-0.25, -0.2) is 17.9 Å². The molecule has 30 heavy (non-hydrogen) atoms. The summed E-state index contributed by atoms with van der Waals surface area (Å²) in [5.74, 6) is -0.647. The highest BCUT2D eigenvalue weighted by Crippen LogP contribution is 2.31. The van der Waals surface area contributed by atoms with Crippen molar-refractivity contribution < 1.29 is 12.8 Å². The van der Waals surface area contributed by atoms with E-state index in [4.69, 9.17) is 0 Å². The van der Waals surface area contributed by atoms with E-state index in [0.29, 0.717) is 29.7 Å². The molecule has 0 unspecified atom stereocenters. The van der Waals surface area contributed by atoms with E-state index in [1.54, 1.807) is 18.2 Å². The average Bonchev–Trinajstić information content (AvgIpc) is 2.75. The maximum atomic E-state index is 14.0. The van der Waals surface area contributed by atoms with Crippen LogP contribution in [0.2, 0.25) is 0 Å². The maximum absolute atomic E-state index is 14.0. The molecule has 0 aliphatic heterocycles. The van der Waals surface area contributed by atoms with Crippen molar-refractivity contribution in [1.82, 2.24) is 10.2 Å². The largest absolute Gasteiger partial charge is 0.277 e. The Kier molecular flexibility index (Phi) is 5.42. The van der Waals surface area contributed by atoms with E-state index < -0.39 is 15.8 Å². The predicted octanol–water partition coefficient (Wildman–Crippen LogP) is 3.82. The second kappa shape index (κ2) is 8.02. The summed E-state index contributed by atoms with van der Waals surface area (Å²) in [6, 6.07) is 10.7. The van der Waals surface area contributed by atoms with Gasteiger partial charge in [-0.2, -0.15) is 5.10 Å². The lowest BCUT2D eigenvalue weighted by atomic mass is 9.89. The number of aryl methyl sites for hydroxylation is 1. The third kappa shape index (κ3) is 3.75. The summed E-state index contributed by atoms with van der Waals surface area (Å²) in [5.41, 5.74) is 3.11. The molecular weight excluding hydrogens is 405 g/mol. The van der Waals surface area contributed by atoms with E-state index in [2.05, 4.69) is 14.9 Å². The van der Waals surface area contributed by atoms with Gasteiger partial charge in [0, 0.05) is 11.1 Å². The van der Waals surface area contributed by atoms with Crippen molar-refractivity contribution in [1.29, 1.82) is 0 Å². The third-order valence-electron chi connectivity index (χ3n) is 5.43. The number of hydrogen-bond acceptors (Lipinski definition) is 4. The van der Waals surface area contributed by atoms with E-state index >= 15 is 0 Å². The third-order valence-corrected chi connectivity index (χ3v) is 6.87. The van der Waals surface area contributed by atoms with Gasteiger partial charge < -0.3 is 0 Å². The smallest absolute Gasteiger partial charge is 0.267 e. The number of para-hydroxylation sites is 1. The molecule has 6 nitrogen and oxygen atoms in total. The lowest BCUT2D eigenvalue weighted by Gasteiger charge is -2.18. The first-order valence-electron chi connectivity index (χ1n) is 9.92. The van der Waals surface area contributed by atoms with Crippen LogP contribution in [0.4, 0.5) is 10.1 Å². The molecule has 1 heterocycles. The second-order valence-electron chi connectivity index (χ2n) is 7.33. The number of sulfonamides is 1. The topological polar surface area (TPSA) is 91.9 Å². The standard InChI is InChI=1S/C22H22FN3O3S/c1-2-14-11-12-15(21-16-7-3-4-8-17(16)22(27)25-24-21)13-20(14)30(28,29)26-19-10-6-5-9-18(19)23/h5-6,9-13,26H,2-4,7-8H2,1H3,(H,25,27). The first-order chi connectivity index (χ1) is 14.4. The molecule has 0 fully saturated rings. The van der Waals surface area contributed by atoms with Gasteiger partial charge in [-0.3, -0.25) is 9.52 Å². The molecule has 0 saturated carbocycles. The number of hydrogen-bond donors (Lipinski definition) is 2. The Morgan fingerprint density at radius 2 is 1.83 bits per heavy atom. The van der Waals surface area contributed by atoms with E-state index in [0.717, 1.165) is 30.4 Å². The molecular formula is C22H22FN3O3S. The van der Waals surface area contributed by atoms with Gasteiger partial charge in [-0.1, -0.05) is 31.2 Å². The number of halogens is 1. The number of aromatic nitrogens is 2. The Bertz CT molecular complexity index is 1270. The van der Waals surface area contributed by atoms with E-state index in [-0.39, 0.29) is 16.1 Å². The van der Waals surface area contributed by atoms with Crippen molar-refractivity contribution in [3.63, 3.8) is 0 Å². The Hall–Kier alpha value is -3.00. The average molecular weight is 428 g/mol. The first-order valence-corrected chi connectivity index (χ1v) is 11.4. The van der Waals surface area contributed by atoms with Gasteiger partial charge in [0.25, 0.3) is 15.6 Å². The number of fused-ring (bicyclic) bond motifs is 1. The van der Waals surface area contributed by atoms with E-state index in [9.17, 15) is 17.6 Å². The summed E-state index contributed by atoms with van der Waals surface area (Å²) in [6.45, 7) is 1.86. The van der Waals surface area contributed by atoms with Crippen molar-refractivity contribution in [2.75, 3.05) is 4.72 Å². The number of nitrogens with one attached hydrogen (secondary N) is 2. The fourth-order valence-corrected chi connectivity index (χ4v) is 5.29. The minimum absolute atomic E-state index is 0.0725. The molecule has 8 heteroatoms. The Balaban J connectivity index is 1.82. The zero-order chi connectivity index (χ0) is 21.3. The highest BCUT2D eigenvalue weighted by atomic mass is 32.2. The van der Waals surface area contributed by atoms with Crippen LogP contribution in [0.5, 0.6) is 0 Å². The van der Waals surface area contributed by atoms with Gasteiger partial charge in [-0.15, -0.1) is 0 Å². The maximum Gasteiger partial charge on any atom is 0.267 e. The van der Waals surface area contributed by atoms with Crippen molar-refractivity contribution in [3.8, 4) is 11.3 Å². The van der Waals surface area contributed by atoms with E-state index in [1.807, 2.05) is 13.0 Å². The van der Waals surface area contributed by atoms with Crippen LogP contribution in [-0.2, 0) is 29.3 Å². The summed E-state index contributed by atoms with van der Waals surface area (Å²) < 4.78 is 42.6. The lowest BCUT2D eigenvalue weighted by Crippen LogP contribution is -2.21. The molecule has 0 bridgehead atoms. The van der Waals surface area contributed by atoms with Gasteiger partial charge in [0.15, 0.2) is 0 Å². The summed E-state index contributed by atoms with van der Waals surface area (Å²) in [4.78, 5) is 12.2. The molecule has 0 amide bonds. The van der Waals surface area contributed by atoms with Crippen LogP contribution in [0, 0.1) is 5.82 Å². The summed E-state index contributed by atoms with van der Waals surface area (Å²) >= 11 is 0. The minimum atomic E-state index is -4.03. The van der Waals surface area contributed by atoms with Crippen molar-refractivity contribution >= 4 is 15.7 Å². The fraction of sp³-hybridized carbons (Fsp3) is 0.273. The predicted molar refractivity (Wildman–Crippen MR) is 114 cm³/mol. The molecule has 1 aromatic heterocycles. The Labute approximate surface area is 174 Å². The van der Waals surface area contributed by atoms with Gasteiger partial charge in [0.2, 0.25) is 0 Å².